The van der Waals surface area contributed by atoms with E-state index in [1.165, 1.54) is 0 Å². The van der Waals surface area contributed by atoms with Gasteiger partial charge < -0.3 is 15.0 Å². The molecule has 1 aromatic heterocycles. The molecule has 1 fully saturated rings. The number of rotatable bonds is 1. The first-order valence-electron chi connectivity index (χ1n) is 4.33. The number of likely N-dealkylation sites (tertiary alicyclic amines) is 1. The van der Waals surface area contributed by atoms with Gasteiger partial charge in [0, 0.05) is 10.7 Å². The van der Waals surface area contributed by atoms with Crippen molar-refractivity contribution < 1.29 is 9.90 Å². The fourth-order valence-corrected chi connectivity index (χ4v) is 1.92. The van der Waals surface area contributed by atoms with Crippen LogP contribution in [0.4, 0.5) is 0 Å². The molecule has 0 unspecified atom stereocenters. The lowest BCUT2D eigenvalue weighted by Gasteiger charge is -2.43. The van der Waals surface area contributed by atoms with Gasteiger partial charge in [-0.05, 0) is 28.9 Å². The lowest BCUT2D eigenvalue weighted by molar-refractivity contribution is -0.0670. The highest BCUT2D eigenvalue weighted by Crippen LogP contribution is 2.22. The van der Waals surface area contributed by atoms with Crippen molar-refractivity contribution in [3.63, 3.8) is 0 Å². The number of hydrogen-bond acceptors (Lipinski definition) is 2. The number of nitrogens with one attached hydrogen (secondary N) is 1. The van der Waals surface area contributed by atoms with Crippen molar-refractivity contribution in [1.29, 1.82) is 0 Å². The van der Waals surface area contributed by atoms with Crippen LogP contribution < -0.4 is 0 Å². The van der Waals surface area contributed by atoms with Crippen molar-refractivity contribution in [2.45, 2.75) is 12.5 Å². The lowest BCUT2D eigenvalue weighted by Crippen LogP contribution is -2.61. The second-order valence-corrected chi connectivity index (χ2v) is 4.81. The number of halogens is 1. The van der Waals surface area contributed by atoms with E-state index in [9.17, 15) is 9.90 Å². The van der Waals surface area contributed by atoms with Gasteiger partial charge in [0.05, 0.1) is 18.7 Å². The molecule has 0 spiro atoms. The third-order valence-electron chi connectivity index (χ3n) is 2.23. The highest BCUT2D eigenvalue weighted by atomic mass is 79.9. The molecule has 1 aliphatic heterocycles. The van der Waals surface area contributed by atoms with E-state index in [4.69, 9.17) is 0 Å². The summed E-state index contributed by atoms with van der Waals surface area (Å²) in [4.78, 5) is 16.2. The molecule has 5 heteroatoms. The van der Waals surface area contributed by atoms with E-state index in [2.05, 4.69) is 20.9 Å². The molecule has 0 saturated carbocycles. The standard InChI is InChI=1S/C9H11BrN2O2/c1-9(14)4-12(5-9)8(13)7-2-6(10)3-11-7/h2-3,11,14H,4-5H2,1H3. The SMILES string of the molecule is CC1(O)CN(C(=O)c2cc(Br)c[nH]2)C1. The van der Waals surface area contributed by atoms with E-state index < -0.39 is 5.60 Å². The molecule has 0 aromatic carbocycles. The molecule has 76 valence electrons. The fraction of sp³-hybridized carbons (Fsp3) is 0.444. The van der Waals surface area contributed by atoms with Gasteiger partial charge in [-0.3, -0.25) is 4.79 Å². The Morgan fingerprint density at radius 3 is 2.79 bits per heavy atom. The Bertz CT molecular complexity index is 365. The molecule has 1 aliphatic rings. The van der Waals surface area contributed by atoms with Crippen LogP contribution in [0.3, 0.4) is 0 Å². The molecule has 0 atom stereocenters. The van der Waals surface area contributed by atoms with Gasteiger partial charge in [0.2, 0.25) is 0 Å². The van der Waals surface area contributed by atoms with E-state index in [0.29, 0.717) is 18.8 Å². The van der Waals surface area contributed by atoms with Gasteiger partial charge in [-0.2, -0.15) is 0 Å². The Labute approximate surface area is 90.0 Å². The van der Waals surface area contributed by atoms with Crippen LogP contribution in [0.1, 0.15) is 17.4 Å². The molecule has 14 heavy (non-hydrogen) atoms. The number of amides is 1. The average molecular weight is 259 g/mol. The normalized spacial score (nSPS) is 19.2. The van der Waals surface area contributed by atoms with Gasteiger partial charge in [0.25, 0.3) is 5.91 Å². The Kier molecular flexibility index (Phi) is 2.16. The Hall–Kier alpha value is -0.810. The fourth-order valence-electron chi connectivity index (χ4n) is 1.58. The third-order valence-corrected chi connectivity index (χ3v) is 2.69. The largest absolute Gasteiger partial charge is 0.386 e. The predicted molar refractivity (Wildman–Crippen MR) is 55.0 cm³/mol. The highest BCUT2D eigenvalue weighted by molar-refractivity contribution is 9.10. The second kappa shape index (κ2) is 3.10. The van der Waals surface area contributed by atoms with E-state index in [1.54, 1.807) is 24.1 Å². The molecule has 0 aliphatic carbocycles. The van der Waals surface area contributed by atoms with Crippen LogP contribution in [0.5, 0.6) is 0 Å². The van der Waals surface area contributed by atoms with Crippen LogP contribution in [-0.4, -0.2) is 39.6 Å². The smallest absolute Gasteiger partial charge is 0.270 e. The summed E-state index contributed by atoms with van der Waals surface area (Å²) in [5.41, 5.74) is -0.160. The summed E-state index contributed by atoms with van der Waals surface area (Å²) in [6, 6.07) is 1.73. The molecule has 1 aromatic rings. The molecule has 2 N–H and O–H groups in total. The summed E-state index contributed by atoms with van der Waals surface area (Å²) in [5.74, 6) is -0.0674. The maximum absolute atomic E-state index is 11.7. The van der Waals surface area contributed by atoms with E-state index in [-0.39, 0.29) is 5.91 Å². The van der Waals surface area contributed by atoms with Gasteiger partial charge in [0.15, 0.2) is 0 Å². The van der Waals surface area contributed by atoms with Crippen LogP contribution in [0.15, 0.2) is 16.7 Å². The number of carbonyl (C=O) groups is 1. The molecular formula is C9H11BrN2O2. The zero-order valence-electron chi connectivity index (χ0n) is 7.75. The summed E-state index contributed by atoms with van der Waals surface area (Å²) in [5, 5.41) is 9.47. The molecule has 2 rings (SSSR count). The molecule has 1 saturated heterocycles. The van der Waals surface area contributed by atoms with E-state index in [0.717, 1.165) is 4.47 Å². The number of carbonyl (C=O) groups excluding carboxylic acids is 1. The minimum Gasteiger partial charge on any atom is -0.386 e. The topological polar surface area (TPSA) is 56.3 Å². The van der Waals surface area contributed by atoms with Crippen molar-refractivity contribution in [2.75, 3.05) is 13.1 Å². The lowest BCUT2D eigenvalue weighted by atomic mass is 9.97. The molecule has 1 amide bonds. The van der Waals surface area contributed by atoms with Gasteiger partial charge >= 0.3 is 0 Å². The molecule has 0 radical (unpaired) electrons. The quantitative estimate of drug-likeness (QED) is 0.790. The summed E-state index contributed by atoms with van der Waals surface area (Å²) in [6.45, 7) is 2.53. The van der Waals surface area contributed by atoms with Crippen LogP contribution in [-0.2, 0) is 0 Å². The van der Waals surface area contributed by atoms with E-state index in [1.807, 2.05) is 0 Å². The van der Waals surface area contributed by atoms with Crippen molar-refractivity contribution >= 4 is 21.8 Å². The number of aromatic nitrogens is 1. The first-order valence-corrected chi connectivity index (χ1v) is 5.13. The first-order chi connectivity index (χ1) is 6.48. The Morgan fingerprint density at radius 2 is 2.36 bits per heavy atom. The minimum atomic E-state index is -0.709. The number of hydrogen-bond donors (Lipinski definition) is 2. The van der Waals surface area contributed by atoms with Gasteiger partial charge in [0.1, 0.15) is 5.69 Å². The van der Waals surface area contributed by atoms with Gasteiger partial charge in [-0.25, -0.2) is 0 Å². The molecule has 2 heterocycles. The summed E-state index contributed by atoms with van der Waals surface area (Å²) in [6.07, 6.45) is 1.71. The molecular weight excluding hydrogens is 248 g/mol. The maximum atomic E-state index is 11.7. The number of aliphatic hydroxyl groups is 1. The van der Waals surface area contributed by atoms with E-state index >= 15 is 0 Å². The maximum Gasteiger partial charge on any atom is 0.270 e. The van der Waals surface area contributed by atoms with Crippen molar-refractivity contribution in [3.8, 4) is 0 Å². The Morgan fingerprint density at radius 1 is 1.71 bits per heavy atom. The van der Waals surface area contributed by atoms with Crippen LogP contribution in [0.25, 0.3) is 0 Å². The monoisotopic (exact) mass is 258 g/mol. The minimum absolute atomic E-state index is 0.0674. The van der Waals surface area contributed by atoms with Gasteiger partial charge in [-0.1, -0.05) is 0 Å². The summed E-state index contributed by atoms with van der Waals surface area (Å²) in [7, 11) is 0. The summed E-state index contributed by atoms with van der Waals surface area (Å²) >= 11 is 3.26. The number of aromatic amines is 1. The number of H-pyrrole nitrogens is 1. The van der Waals surface area contributed by atoms with Gasteiger partial charge in [-0.15, -0.1) is 0 Å². The first kappa shape index (κ1) is 9.73. The highest BCUT2D eigenvalue weighted by Gasteiger charge is 2.39. The Balaban J connectivity index is 2.04. The predicted octanol–water partition coefficient (Wildman–Crippen LogP) is 0.984. The van der Waals surface area contributed by atoms with Crippen molar-refractivity contribution in [2.24, 2.45) is 0 Å². The zero-order chi connectivity index (χ0) is 10.3. The molecule has 4 nitrogen and oxygen atoms in total. The third kappa shape index (κ3) is 1.69. The molecule has 0 bridgehead atoms. The van der Waals surface area contributed by atoms with Crippen LogP contribution in [0.2, 0.25) is 0 Å². The van der Waals surface area contributed by atoms with Crippen molar-refractivity contribution in [3.05, 3.63) is 22.4 Å². The number of nitrogens with zero attached hydrogens (tertiary/aromatic N) is 1. The second-order valence-electron chi connectivity index (χ2n) is 3.89. The van der Waals surface area contributed by atoms with Crippen molar-refractivity contribution in [1.82, 2.24) is 9.88 Å². The summed E-state index contributed by atoms with van der Waals surface area (Å²) < 4.78 is 0.855. The zero-order valence-corrected chi connectivity index (χ0v) is 9.34. The number of β-amino-alcohol motifs (C(OH)–C–C–N with tert-alkyl or cyclic N) is 1. The average Bonchev–Trinajstić information content (AvgIpc) is 2.46. The van der Waals surface area contributed by atoms with Crippen LogP contribution >= 0.6 is 15.9 Å². The van der Waals surface area contributed by atoms with Crippen LogP contribution in [0, 0.1) is 0 Å².